The molecule has 1 aliphatic rings. The van der Waals surface area contributed by atoms with Crippen LogP contribution in [0.3, 0.4) is 0 Å². The number of benzene rings is 2. The number of halogens is 1. The molecule has 0 bridgehead atoms. The van der Waals surface area contributed by atoms with Crippen molar-refractivity contribution < 1.29 is 18.7 Å². The van der Waals surface area contributed by atoms with E-state index >= 15 is 0 Å². The van der Waals surface area contributed by atoms with Crippen LogP contribution in [0.15, 0.2) is 48.5 Å². The third-order valence-electron chi connectivity index (χ3n) is 5.69. The molecule has 6 nitrogen and oxygen atoms in total. The fraction of sp³-hybridized carbons (Fsp3) is 0.280. The highest BCUT2D eigenvalue weighted by Crippen LogP contribution is 2.42. The zero-order chi connectivity index (χ0) is 23.0. The van der Waals surface area contributed by atoms with Crippen LogP contribution in [-0.4, -0.2) is 31.8 Å². The summed E-state index contributed by atoms with van der Waals surface area (Å²) in [7, 11) is 3.10. The molecule has 2 aromatic carbocycles. The van der Waals surface area contributed by atoms with Crippen molar-refractivity contribution in [3.8, 4) is 11.6 Å². The maximum absolute atomic E-state index is 14.1. The number of aryl methyl sites for hydroxylation is 1. The van der Waals surface area contributed by atoms with Crippen molar-refractivity contribution in [1.29, 1.82) is 0 Å². The van der Waals surface area contributed by atoms with Crippen LogP contribution in [0.4, 0.5) is 21.5 Å². The van der Waals surface area contributed by atoms with E-state index in [1.54, 1.807) is 43.4 Å². The van der Waals surface area contributed by atoms with Gasteiger partial charge in [0.05, 0.1) is 31.3 Å². The molecule has 0 N–H and O–H groups in total. The average molecular weight is 435 g/mol. The van der Waals surface area contributed by atoms with Crippen LogP contribution in [0.2, 0.25) is 0 Å². The third kappa shape index (κ3) is 3.64. The summed E-state index contributed by atoms with van der Waals surface area (Å²) in [6.45, 7) is 6.13. The second-order valence-electron chi connectivity index (χ2n) is 7.97. The van der Waals surface area contributed by atoms with Gasteiger partial charge in [0, 0.05) is 11.8 Å². The number of rotatable bonds is 5. The van der Waals surface area contributed by atoms with Crippen molar-refractivity contribution in [2.24, 2.45) is 0 Å². The Morgan fingerprint density at radius 1 is 0.969 bits per heavy atom. The number of methoxy groups -OCH3 is 2. The molecular formula is C25H26FN3O3. The number of pyridine rings is 1. The van der Waals surface area contributed by atoms with Crippen LogP contribution in [0, 0.1) is 12.7 Å². The highest BCUT2D eigenvalue weighted by molar-refractivity contribution is 6.14. The Kier molecular flexibility index (Phi) is 5.74. The maximum atomic E-state index is 14.1. The molecule has 0 radical (unpaired) electrons. The van der Waals surface area contributed by atoms with E-state index in [9.17, 15) is 9.18 Å². The monoisotopic (exact) mass is 435 g/mol. The third-order valence-corrected chi connectivity index (χ3v) is 5.69. The molecule has 0 unspecified atom stereocenters. The lowest BCUT2D eigenvalue weighted by molar-refractivity contribution is 0.0980. The molecule has 0 saturated carbocycles. The van der Waals surface area contributed by atoms with E-state index in [2.05, 4.69) is 4.98 Å². The Morgan fingerprint density at radius 2 is 1.72 bits per heavy atom. The number of fused-ring (bicyclic) bond motifs is 1. The van der Waals surface area contributed by atoms with Crippen molar-refractivity contribution in [2.75, 3.05) is 30.7 Å². The predicted molar refractivity (Wildman–Crippen MR) is 123 cm³/mol. The Labute approximate surface area is 187 Å². The molecule has 4 rings (SSSR count). The quantitative estimate of drug-likeness (QED) is 0.535. The molecule has 7 heteroatoms. The van der Waals surface area contributed by atoms with Gasteiger partial charge in [-0.15, -0.1) is 0 Å². The number of nitrogens with zero attached hydrogens (tertiary/aromatic N) is 3. The zero-order valence-electron chi connectivity index (χ0n) is 18.8. The van der Waals surface area contributed by atoms with E-state index in [1.807, 2.05) is 43.9 Å². The van der Waals surface area contributed by atoms with Gasteiger partial charge in [-0.2, -0.15) is 0 Å². The highest BCUT2D eigenvalue weighted by atomic mass is 19.1. The van der Waals surface area contributed by atoms with E-state index in [-0.39, 0.29) is 24.3 Å². The molecule has 0 aliphatic carbocycles. The second kappa shape index (κ2) is 8.49. The van der Waals surface area contributed by atoms with Crippen LogP contribution in [0.25, 0.3) is 0 Å². The maximum Gasteiger partial charge on any atom is 0.265 e. The molecule has 1 aliphatic heterocycles. The van der Waals surface area contributed by atoms with E-state index in [4.69, 9.17) is 9.47 Å². The smallest absolute Gasteiger partial charge is 0.265 e. The van der Waals surface area contributed by atoms with Crippen molar-refractivity contribution in [1.82, 2.24) is 4.98 Å². The lowest BCUT2D eigenvalue weighted by Crippen LogP contribution is -2.45. The molecule has 0 atom stereocenters. The van der Waals surface area contributed by atoms with Gasteiger partial charge in [-0.05, 0) is 54.8 Å². The molecule has 0 spiro atoms. The van der Waals surface area contributed by atoms with Crippen molar-refractivity contribution in [2.45, 2.75) is 26.7 Å². The summed E-state index contributed by atoms with van der Waals surface area (Å²) in [5.74, 6) is 0.575. The first-order valence-corrected chi connectivity index (χ1v) is 10.4. The van der Waals surface area contributed by atoms with Crippen LogP contribution >= 0.6 is 0 Å². The number of hydrogen-bond donors (Lipinski definition) is 0. The minimum absolute atomic E-state index is 0.0882. The van der Waals surface area contributed by atoms with Crippen LogP contribution in [0.5, 0.6) is 11.6 Å². The first-order chi connectivity index (χ1) is 15.3. The van der Waals surface area contributed by atoms with Gasteiger partial charge in [0.25, 0.3) is 5.91 Å². The Bertz CT molecular complexity index is 1180. The number of anilines is 3. The summed E-state index contributed by atoms with van der Waals surface area (Å²) >= 11 is 0. The van der Waals surface area contributed by atoms with E-state index < -0.39 is 0 Å². The summed E-state index contributed by atoms with van der Waals surface area (Å²) in [5.41, 5.74) is 4.21. The Hall–Kier alpha value is -3.61. The molecule has 1 amide bonds. The Morgan fingerprint density at radius 3 is 2.38 bits per heavy atom. The lowest BCUT2D eigenvalue weighted by atomic mass is 9.98. The molecule has 0 saturated heterocycles. The number of ether oxygens (including phenoxy) is 2. The minimum Gasteiger partial charge on any atom is -0.496 e. The number of hydrogen-bond acceptors (Lipinski definition) is 5. The first kappa shape index (κ1) is 21.6. The van der Waals surface area contributed by atoms with Crippen molar-refractivity contribution in [3.63, 3.8) is 0 Å². The summed E-state index contributed by atoms with van der Waals surface area (Å²) in [6.07, 6.45) is 0. The van der Waals surface area contributed by atoms with Gasteiger partial charge in [0.15, 0.2) is 0 Å². The molecular weight excluding hydrogens is 409 g/mol. The van der Waals surface area contributed by atoms with Gasteiger partial charge in [0.2, 0.25) is 5.88 Å². The molecule has 0 fully saturated rings. The molecule has 1 aromatic heterocycles. The van der Waals surface area contributed by atoms with E-state index in [0.717, 1.165) is 16.9 Å². The van der Waals surface area contributed by atoms with E-state index in [1.165, 1.54) is 6.07 Å². The first-order valence-electron chi connectivity index (χ1n) is 10.4. The molecule has 3 aromatic rings. The van der Waals surface area contributed by atoms with Crippen LogP contribution in [-0.2, 0) is 0 Å². The van der Waals surface area contributed by atoms with Gasteiger partial charge in [0.1, 0.15) is 23.8 Å². The zero-order valence-corrected chi connectivity index (χ0v) is 18.8. The lowest BCUT2D eigenvalue weighted by Gasteiger charge is -2.40. The summed E-state index contributed by atoms with van der Waals surface area (Å²) in [5, 5.41) is 0. The topological polar surface area (TPSA) is 54.9 Å². The van der Waals surface area contributed by atoms with Gasteiger partial charge in [-0.1, -0.05) is 19.9 Å². The largest absolute Gasteiger partial charge is 0.496 e. The van der Waals surface area contributed by atoms with E-state index in [0.29, 0.717) is 28.6 Å². The fourth-order valence-electron chi connectivity index (χ4n) is 4.10. The number of carbonyl (C=O) groups excluding carboxylic acids is 1. The average Bonchev–Trinajstić information content (AvgIpc) is 2.79. The van der Waals surface area contributed by atoms with Gasteiger partial charge >= 0.3 is 0 Å². The normalized spacial score (nSPS) is 13.4. The number of aromatic nitrogens is 1. The Balaban J connectivity index is 1.93. The van der Waals surface area contributed by atoms with Gasteiger partial charge < -0.3 is 14.4 Å². The molecule has 2 heterocycles. The minimum atomic E-state index is -0.288. The molecule has 166 valence electrons. The van der Waals surface area contributed by atoms with Crippen molar-refractivity contribution in [3.05, 3.63) is 71.2 Å². The standard InChI is InChI=1S/C25H26FN3O3/c1-15(2)18-13-17(26)9-10-20(18)28-14-29(19-11-12-23(32-5)27-16(19)3)25(30)24-21(28)7-6-8-22(24)31-4/h6-13,15H,14H2,1-5H3. The van der Waals surface area contributed by atoms with Crippen LogP contribution < -0.4 is 19.3 Å². The number of carbonyl (C=O) groups is 1. The summed E-state index contributed by atoms with van der Waals surface area (Å²) < 4.78 is 24.9. The summed E-state index contributed by atoms with van der Waals surface area (Å²) in [6, 6.07) is 13.8. The fourth-order valence-corrected chi connectivity index (χ4v) is 4.10. The molecule has 32 heavy (non-hydrogen) atoms. The SMILES string of the molecule is COc1ccc(N2CN(c3ccc(F)cc3C(C)C)c3cccc(OC)c3C2=O)c(C)n1. The van der Waals surface area contributed by atoms with Crippen LogP contribution in [0.1, 0.15) is 41.4 Å². The van der Waals surface area contributed by atoms with Gasteiger partial charge in [-0.25, -0.2) is 9.37 Å². The summed E-state index contributed by atoms with van der Waals surface area (Å²) in [4.78, 5) is 21.8. The predicted octanol–water partition coefficient (Wildman–Crippen LogP) is 5.43. The number of amides is 1. The second-order valence-corrected chi connectivity index (χ2v) is 7.97. The highest BCUT2D eigenvalue weighted by Gasteiger charge is 2.35. The van der Waals surface area contributed by atoms with Crippen molar-refractivity contribution >= 4 is 23.0 Å². The van der Waals surface area contributed by atoms with Gasteiger partial charge in [-0.3, -0.25) is 9.69 Å².